The fourth-order valence-electron chi connectivity index (χ4n) is 4.28. The first-order valence-electron chi connectivity index (χ1n) is 13.4. The second-order valence-electron chi connectivity index (χ2n) is 9.39. The van der Waals surface area contributed by atoms with E-state index in [0.29, 0.717) is 58.7 Å². The van der Waals surface area contributed by atoms with Crippen LogP contribution in [-0.2, 0) is 19.8 Å². The van der Waals surface area contributed by atoms with E-state index >= 15 is 0 Å². The Morgan fingerprint density at radius 1 is 0.628 bits per heavy atom. The summed E-state index contributed by atoms with van der Waals surface area (Å²) in [6.45, 7) is 0.985. The summed E-state index contributed by atoms with van der Waals surface area (Å²) >= 11 is 6.48. The number of rotatable bonds is 13. The Hall–Kier alpha value is -3.71. The van der Waals surface area contributed by atoms with E-state index in [1.54, 1.807) is 18.2 Å². The molecule has 1 unspecified atom stereocenters. The van der Waals surface area contributed by atoms with Crippen LogP contribution in [0.2, 0.25) is 5.02 Å². The van der Waals surface area contributed by atoms with Crippen molar-refractivity contribution in [2.24, 2.45) is 0 Å². The van der Waals surface area contributed by atoms with Gasteiger partial charge in [0, 0.05) is 12.1 Å². The Bertz CT molecular complexity index is 1550. The van der Waals surface area contributed by atoms with Gasteiger partial charge in [0.2, 0.25) is 0 Å². The van der Waals surface area contributed by atoms with Gasteiger partial charge in [-0.25, -0.2) is 0 Å². The van der Waals surface area contributed by atoms with Gasteiger partial charge in [-0.15, -0.1) is 0 Å². The van der Waals surface area contributed by atoms with Crippen molar-refractivity contribution < 1.29 is 42.6 Å². The fourth-order valence-corrected chi connectivity index (χ4v) is 5.76. The van der Waals surface area contributed by atoms with Gasteiger partial charge in [-0.3, -0.25) is 4.79 Å². The smallest absolute Gasteiger partial charge is 0.496 e. The molecule has 0 saturated heterocycles. The molecule has 5 nitrogen and oxygen atoms in total. The minimum absolute atomic E-state index is 0. The summed E-state index contributed by atoms with van der Waals surface area (Å²) in [5.74, 6) is 2.00. The van der Waals surface area contributed by atoms with Crippen LogP contribution < -0.4 is 43.1 Å². The molecule has 0 amide bonds. The van der Waals surface area contributed by atoms with Crippen LogP contribution in [0.15, 0.2) is 121 Å². The Labute approximate surface area is 271 Å². The summed E-state index contributed by atoms with van der Waals surface area (Å²) in [4.78, 5) is 13.8. The number of carbonyl (C=O) groups excluding carboxylic acids is 1. The molecule has 0 aromatic heterocycles. The van der Waals surface area contributed by atoms with Crippen molar-refractivity contribution in [3.8, 4) is 23.0 Å². The Kier molecular flexibility index (Phi) is 12.1. The minimum Gasteiger partial charge on any atom is -0.496 e. The van der Waals surface area contributed by atoms with Crippen LogP contribution in [0.3, 0.4) is 0 Å². The van der Waals surface area contributed by atoms with Crippen LogP contribution >= 0.6 is 20.2 Å². The topological polar surface area (TPSA) is 54.0 Å². The fraction of sp³-hybridized carbons (Fsp3) is 0.114. The van der Waals surface area contributed by atoms with Gasteiger partial charge in [0.15, 0.2) is 5.52 Å². The number of ether oxygens (including phenoxy) is 4. The van der Waals surface area contributed by atoms with Crippen LogP contribution in [0.5, 0.6) is 23.0 Å². The van der Waals surface area contributed by atoms with Crippen LogP contribution in [0, 0.1) is 0 Å². The average molecular weight is 604 g/mol. The molecule has 1 atom stereocenters. The summed E-state index contributed by atoms with van der Waals surface area (Å²) in [6, 6.07) is 38.4. The summed E-state index contributed by atoms with van der Waals surface area (Å²) in [6.07, 6.45) is 0. The molecule has 8 heteroatoms. The molecule has 0 N–H and O–H groups in total. The second-order valence-corrected chi connectivity index (χ2v) is 11.0. The molecule has 43 heavy (non-hydrogen) atoms. The van der Waals surface area contributed by atoms with Crippen molar-refractivity contribution in [3.05, 3.63) is 149 Å². The van der Waals surface area contributed by atoms with Crippen LogP contribution in [-0.4, -0.2) is 12.6 Å². The molecule has 0 radical (unpaired) electrons. The SMILES string of the molecule is COc1cccc(Cl)c1C(=O)Pc1c(OCc2ccccc2)cc(OCc2ccccc2)cc1OCc1ccccc1.[Li+]. The van der Waals surface area contributed by atoms with E-state index in [1.165, 1.54) is 7.11 Å². The van der Waals surface area contributed by atoms with E-state index < -0.39 is 0 Å². The van der Waals surface area contributed by atoms with Gasteiger partial charge in [0.25, 0.3) is 0 Å². The van der Waals surface area contributed by atoms with Gasteiger partial charge in [0.1, 0.15) is 42.8 Å². The molecule has 5 aromatic rings. The number of hydrogen-bond acceptors (Lipinski definition) is 5. The van der Waals surface area contributed by atoms with E-state index in [0.717, 1.165) is 16.7 Å². The van der Waals surface area contributed by atoms with Crippen LogP contribution in [0.1, 0.15) is 27.0 Å². The Balaban J connectivity index is 0.00000423. The quantitative estimate of drug-likeness (QED) is 0.136. The number of carbonyl (C=O) groups is 1. The molecule has 5 aromatic carbocycles. The molecular formula is C35H30ClLiO5P+. The number of halogens is 1. The largest absolute Gasteiger partial charge is 1.00 e. The molecule has 0 aliphatic carbocycles. The van der Waals surface area contributed by atoms with Gasteiger partial charge < -0.3 is 18.9 Å². The third kappa shape index (κ3) is 8.89. The van der Waals surface area contributed by atoms with Gasteiger partial charge in [0.05, 0.1) is 23.0 Å². The predicted octanol–water partition coefficient (Wildman–Crippen LogP) is 5.23. The maximum Gasteiger partial charge on any atom is 1.00 e. The second kappa shape index (κ2) is 16.2. The van der Waals surface area contributed by atoms with Crippen molar-refractivity contribution >= 4 is 31.0 Å². The van der Waals surface area contributed by atoms with Crippen molar-refractivity contribution in [2.75, 3.05) is 7.11 Å². The monoisotopic (exact) mass is 603 g/mol. The van der Waals surface area contributed by atoms with E-state index in [9.17, 15) is 4.79 Å². The maximum atomic E-state index is 13.8. The maximum absolute atomic E-state index is 13.8. The average Bonchev–Trinajstić information content (AvgIpc) is 3.04. The van der Waals surface area contributed by atoms with Gasteiger partial charge >= 0.3 is 18.9 Å². The first-order valence-corrected chi connectivity index (χ1v) is 14.8. The van der Waals surface area contributed by atoms with Crippen molar-refractivity contribution in [1.82, 2.24) is 0 Å². The van der Waals surface area contributed by atoms with Crippen molar-refractivity contribution in [3.63, 3.8) is 0 Å². The summed E-state index contributed by atoms with van der Waals surface area (Å²) in [5, 5.41) is 0.953. The third-order valence-corrected chi connectivity index (χ3v) is 7.96. The normalized spacial score (nSPS) is 10.7. The molecule has 212 valence electrons. The molecule has 0 aliphatic heterocycles. The molecule has 5 rings (SSSR count). The molecule has 0 saturated carbocycles. The minimum atomic E-state index is -0.353. The molecular weight excluding hydrogens is 574 g/mol. The molecule has 0 fully saturated rings. The number of hydrogen-bond donors (Lipinski definition) is 0. The number of benzene rings is 5. The number of methoxy groups -OCH3 is 1. The zero-order valence-corrected chi connectivity index (χ0v) is 25.8. The standard InChI is InChI=1S/C35H30ClO5P.Li/c1-38-30-19-11-18-29(36)33(30)35(37)42-34-31(40-23-26-14-7-3-8-15-26)20-28(39-22-25-12-5-2-6-13-25)21-32(34)41-24-27-16-9-4-10-17-27;/h2-21,42H,22-24H2,1H3;/q;+1. The van der Waals surface area contributed by atoms with Gasteiger partial charge in [-0.1, -0.05) is 109 Å². The van der Waals surface area contributed by atoms with Crippen LogP contribution in [0.4, 0.5) is 0 Å². The van der Waals surface area contributed by atoms with Gasteiger partial charge in [-0.05, 0) is 37.4 Å². The zero-order valence-electron chi connectivity index (χ0n) is 24.1. The summed E-state index contributed by atoms with van der Waals surface area (Å²) < 4.78 is 24.4. The molecule has 0 spiro atoms. The molecule has 0 bridgehead atoms. The first kappa shape index (κ1) is 32.2. The van der Waals surface area contributed by atoms with E-state index in [4.69, 9.17) is 30.5 Å². The Morgan fingerprint density at radius 3 is 1.56 bits per heavy atom. The van der Waals surface area contributed by atoms with E-state index in [1.807, 2.05) is 103 Å². The first-order chi connectivity index (χ1) is 20.6. The summed E-state index contributed by atoms with van der Waals surface area (Å²) in [7, 11) is 1.17. The van der Waals surface area contributed by atoms with E-state index in [2.05, 4.69) is 0 Å². The zero-order chi connectivity index (χ0) is 29.1. The van der Waals surface area contributed by atoms with Crippen LogP contribution in [0.25, 0.3) is 0 Å². The molecule has 0 aliphatic rings. The summed E-state index contributed by atoms with van der Waals surface area (Å²) in [5.41, 5.74) is 3.15. The Morgan fingerprint density at radius 2 is 1.09 bits per heavy atom. The predicted molar refractivity (Wildman–Crippen MR) is 169 cm³/mol. The van der Waals surface area contributed by atoms with Crippen molar-refractivity contribution in [2.45, 2.75) is 19.8 Å². The van der Waals surface area contributed by atoms with E-state index in [-0.39, 0.29) is 33.0 Å². The molecule has 0 heterocycles. The third-order valence-electron chi connectivity index (χ3n) is 6.42. The van der Waals surface area contributed by atoms with Gasteiger partial charge in [-0.2, -0.15) is 0 Å². The van der Waals surface area contributed by atoms with Crippen molar-refractivity contribution in [1.29, 1.82) is 0 Å².